The minimum Gasteiger partial charge on any atom is -0.134 e. The molecular weight excluding hydrogens is 392 g/mol. The minimum atomic E-state index is -1.22. The third-order valence-electron chi connectivity index (χ3n) is 4.91. The van der Waals surface area contributed by atoms with Crippen molar-refractivity contribution in [3.8, 4) is 0 Å². The summed E-state index contributed by atoms with van der Waals surface area (Å²) in [6, 6.07) is 6.10. The zero-order chi connectivity index (χ0) is 16.0. The Labute approximate surface area is 141 Å². The maximum Gasteiger partial charge on any atom is 0.0701 e. The van der Waals surface area contributed by atoms with Gasteiger partial charge < -0.3 is 0 Å². The molecule has 0 saturated heterocycles. The first-order valence-corrected chi connectivity index (χ1v) is 24.8. The highest BCUT2D eigenvalue weighted by molar-refractivity contribution is 9.11. The molecule has 1 rings (SSSR count). The third kappa shape index (κ3) is 3.51. The highest BCUT2D eigenvalue weighted by atomic mass is 79.9. The molecule has 20 heavy (non-hydrogen) atoms. The maximum absolute atomic E-state index is 3.66. The molecule has 0 spiro atoms. The normalized spacial score (nSPS) is 14.7. The van der Waals surface area contributed by atoms with Gasteiger partial charge in [-0.3, -0.25) is 0 Å². The summed E-state index contributed by atoms with van der Waals surface area (Å²) in [6.07, 6.45) is 0. The van der Waals surface area contributed by atoms with Crippen LogP contribution in [0.15, 0.2) is 15.9 Å². The molecule has 0 atom stereocenters. The molecule has 0 nitrogen and oxygen atoms in total. The van der Waals surface area contributed by atoms with Crippen molar-refractivity contribution in [2.45, 2.75) is 65.0 Å². The third-order valence-corrected chi connectivity index (χ3v) is 80.5. The van der Waals surface area contributed by atoms with E-state index in [0.717, 1.165) is 0 Å². The van der Waals surface area contributed by atoms with E-state index < -0.39 is 29.4 Å². The second-order valence-electron chi connectivity index (χ2n) is 9.04. The van der Waals surface area contributed by atoms with Crippen molar-refractivity contribution < 1.29 is 0 Å². The van der Waals surface area contributed by atoms with E-state index in [0.29, 0.717) is 0 Å². The number of thiophene rings is 1. The van der Waals surface area contributed by atoms with Gasteiger partial charge >= 0.3 is 0 Å². The van der Waals surface area contributed by atoms with E-state index in [1.165, 1.54) is 9.83 Å². The summed E-state index contributed by atoms with van der Waals surface area (Å²) in [7, 11) is -3.38. The first-order chi connectivity index (χ1) is 8.72. The molecule has 0 radical (unpaired) electrons. The smallest absolute Gasteiger partial charge is 0.0701 e. The Bertz CT molecular complexity index is 427. The predicted molar refractivity (Wildman–Crippen MR) is 112 cm³/mol. The van der Waals surface area contributed by atoms with Crippen LogP contribution in [0.5, 0.6) is 0 Å². The summed E-state index contributed by atoms with van der Waals surface area (Å²) in [4.78, 5) is 1.65. The van der Waals surface area contributed by atoms with Crippen molar-refractivity contribution in [1.82, 2.24) is 0 Å². The van der Waals surface area contributed by atoms with Gasteiger partial charge in [0.15, 0.2) is 0 Å². The lowest BCUT2D eigenvalue weighted by Crippen LogP contribution is -2.83. The van der Waals surface area contributed by atoms with Crippen LogP contribution >= 0.6 is 27.3 Å². The average molecular weight is 424 g/mol. The Balaban J connectivity index is 3.47. The van der Waals surface area contributed by atoms with Crippen LogP contribution in [0.3, 0.4) is 0 Å². The van der Waals surface area contributed by atoms with E-state index in [4.69, 9.17) is 0 Å². The number of rotatable bonds is 5. The molecule has 0 amide bonds. The quantitative estimate of drug-likeness (QED) is 0.488. The number of hydrogen-bond donors (Lipinski definition) is 0. The lowest BCUT2D eigenvalue weighted by Gasteiger charge is -2.57. The van der Waals surface area contributed by atoms with Crippen molar-refractivity contribution >= 4 is 56.7 Å². The summed E-state index contributed by atoms with van der Waals surface area (Å²) in [5.74, 6) is 0. The monoisotopic (exact) mass is 422 g/mol. The molecule has 0 unspecified atom stereocenters. The fraction of sp³-hybridized carbons (Fsp3) is 0.714. The van der Waals surface area contributed by atoms with E-state index >= 15 is 0 Å². The molecule has 0 aromatic carbocycles. The molecule has 0 fully saturated rings. The van der Waals surface area contributed by atoms with Crippen molar-refractivity contribution in [2.75, 3.05) is 0 Å². The summed E-state index contributed by atoms with van der Waals surface area (Å²) in [6.45, 7) is 22.9. The second kappa shape index (κ2) is 5.92. The van der Waals surface area contributed by atoms with E-state index in [9.17, 15) is 0 Å². The summed E-state index contributed by atoms with van der Waals surface area (Å²) >= 11 is 5.64. The molecule has 0 bridgehead atoms. The Morgan fingerprint density at radius 1 is 0.800 bits per heavy atom. The SMILES string of the molecule is C[Si](C)(C)[Si](Cc1ccc(Br)s1)([Si](C)(C)C)[Si](C)(C)C. The van der Waals surface area contributed by atoms with Crippen molar-refractivity contribution in [3.63, 3.8) is 0 Å². The molecular formula is C14H31BrSSi4. The van der Waals surface area contributed by atoms with Gasteiger partial charge in [0.25, 0.3) is 0 Å². The van der Waals surface area contributed by atoms with Gasteiger partial charge in [-0.15, -0.1) is 11.3 Å². The molecule has 6 heteroatoms. The van der Waals surface area contributed by atoms with Crippen LogP contribution < -0.4 is 0 Å². The zero-order valence-electron chi connectivity index (χ0n) is 14.6. The van der Waals surface area contributed by atoms with Crippen molar-refractivity contribution in [3.05, 3.63) is 20.8 Å². The van der Waals surface area contributed by atoms with Gasteiger partial charge in [0.1, 0.15) is 0 Å². The Morgan fingerprint density at radius 3 is 1.45 bits per heavy atom. The van der Waals surface area contributed by atoms with E-state index in [2.05, 4.69) is 87.0 Å². The summed E-state index contributed by atoms with van der Waals surface area (Å²) in [5.41, 5.74) is 0. The largest absolute Gasteiger partial charge is 0.134 e. The molecule has 0 N–H and O–H groups in total. The molecule has 0 aliphatic carbocycles. The summed E-state index contributed by atoms with van der Waals surface area (Å²) in [5, 5.41) is 0. The number of hydrogen-bond acceptors (Lipinski definition) is 1. The van der Waals surface area contributed by atoms with Crippen LogP contribution in [-0.2, 0) is 6.04 Å². The first kappa shape index (κ1) is 19.1. The Kier molecular flexibility index (Phi) is 5.65. The van der Waals surface area contributed by atoms with Gasteiger partial charge in [0.2, 0.25) is 0 Å². The van der Waals surface area contributed by atoms with E-state index in [-0.39, 0.29) is 0 Å². The molecule has 0 aliphatic rings. The highest BCUT2D eigenvalue weighted by Gasteiger charge is 2.61. The fourth-order valence-electron chi connectivity index (χ4n) is 4.88. The standard InChI is InChI=1S/C14H31BrSSi4/c1-17(2,3)20(18(4,5)6,19(7,8)9)12-13-10-11-14(15)16-13/h10-11H,12H2,1-9H3. The average Bonchev–Trinajstić information content (AvgIpc) is 2.54. The van der Waals surface area contributed by atoms with Crippen LogP contribution in [0.1, 0.15) is 4.88 Å². The van der Waals surface area contributed by atoms with Crippen molar-refractivity contribution in [2.24, 2.45) is 0 Å². The first-order valence-electron chi connectivity index (χ1n) is 7.47. The van der Waals surface area contributed by atoms with Crippen molar-refractivity contribution in [1.29, 1.82) is 0 Å². The maximum atomic E-state index is 3.66. The highest BCUT2D eigenvalue weighted by Crippen LogP contribution is 2.40. The van der Waals surface area contributed by atoms with Crippen LogP contribution in [0, 0.1) is 0 Å². The lowest BCUT2D eigenvalue weighted by molar-refractivity contribution is 1.45. The van der Waals surface area contributed by atoms with Gasteiger partial charge in [0, 0.05) is 34.3 Å². The molecule has 1 aromatic heterocycles. The van der Waals surface area contributed by atoms with Crippen LogP contribution in [0.25, 0.3) is 0 Å². The Hall–Kier alpha value is 1.05. The van der Waals surface area contributed by atoms with E-state index in [1.54, 1.807) is 4.88 Å². The van der Waals surface area contributed by atoms with Crippen LogP contribution in [0.4, 0.5) is 0 Å². The Morgan fingerprint density at radius 2 is 1.20 bits per heavy atom. The van der Waals surface area contributed by atoms with Crippen LogP contribution in [0.2, 0.25) is 58.9 Å². The van der Waals surface area contributed by atoms with Gasteiger partial charge in [-0.2, -0.15) is 0 Å². The summed E-state index contributed by atoms with van der Waals surface area (Å²) < 4.78 is 1.30. The van der Waals surface area contributed by atoms with Gasteiger partial charge in [-0.05, 0) is 34.1 Å². The molecule has 0 saturated carbocycles. The van der Waals surface area contributed by atoms with Gasteiger partial charge in [0.05, 0.1) is 3.79 Å². The topological polar surface area (TPSA) is 0 Å². The molecule has 1 heterocycles. The molecule has 1 aromatic rings. The molecule has 116 valence electrons. The molecule has 0 aliphatic heterocycles. The van der Waals surface area contributed by atoms with Gasteiger partial charge in [-0.1, -0.05) is 58.9 Å². The fourth-order valence-corrected chi connectivity index (χ4v) is 105. The minimum absolute atomic E-state index is 1.13. The van der Waals surface area contributed by atoms with E-state index in [1.807, 2.05) is 11.3 Å². The zero-order valence-corrected chi connectivity index (χ0v) is 21.1. The lowest BCUT2D eigenvalue weighted by atomic mass is 10.5. The van der Waals surface area contributed by atoms with Gasteiger partial charge in [-0.25, -0.2) is 0 Å². The predicted octanol–water partition coefficient (Wildman–Crippen LogP) is 6.29. The number of halogens is 1. The second-order valence-corrected chi connectivity index (χ2v) is 52.9. The van der Waals surface area contributed by atoms with Crippen LogP contribution in [-0.4, -0.2) is 29.4 Å².